The zero-order valence-electron chi connectivity index (χ0n) is 12.6. The number of rotatable bonds is 8. The predicted molar refractivity (Wildman–Crippen MR) is 90.1 cm³/mol. The van der Waals surface area contributed by atoms with Gasteiger partial charge in [-0.2, -0.15) is 0 Å². The standard InChI is InChI=1S/C14H22Cl2N2O2S/c1-17-13(11-5-4-6-12(15)14(11)16)7-8-18(2)9-10-21(3,19)20/h4-6,13,17H,7-10H2,1-3H3. The third kappa shape index (κ3) is 6.53. The minimum Gasteiger partial charge on any atom is -0.313 e. The van der Waals surface area contributed by atoms with Gasteiger partial charge in [0.15, 0.2) is 0 Å². The van der Waals surface area contributed by atoms with Gasteiger partial charge in [0.05, 0.1) is 15.8 Å². The molecule has 0 aromatic heterocycles. The Morgan fingerprint density at radius 3 is 2.52 bits per heavy atom. The lowest BCUT2D eigenvalue weighted by Crippen LogP contribution is -2.29. The van der Waals surface area contributed by atoms with Crippen molar-refractivity contribution in [2.75, 3.05) is 39.2 Å². The van der Waals surface area contributed by atoms with Gasteiger partial charge in [-0.25, -0.2) is 8.42 Å². The van der Waals surface area contributed by atoms with Gasteiger partial charge in [0.25, 0.3) is 0 Å². The molecule has 1 aromatic rings. The molecule has 0 saturated carbocycles. The fourth-order valence-corrected chi connectivity index (χ4v) is 3.11. The zero-order valence-corrected chi connectivity index (χ0v) is 14.9. The van der Waals surface area contributed by atoms with Gasteiger partial charge < -0.3 is 10.2 Å². The fourth-order valence-electron chi connectivity index (χ4n) is 2.03. The Hall–Kier alpha value is -0.330. The molecule has 4 nitrogen and oxygen atoms in total. The van der Waals surface area contributed by atoms with E-state index in [0.29, 0.717) is 16.6 Å². The second-order valence-electron chi connectivity index (χ2n) is 5.21. The number of nitrogens with zero attached hydrogens (tertiary/aromatic N) is 1. The van der Waals surface area contributed by atoms with E-state index in [0.717, 1.165) is 18.5 Å². The lowest BCUT2D eigenvalue weighted by Gasteiger charge is -2.22. The van der Waals surface area contributed by atoms with Gasteiger partial charge in [0, 0.05) is 18.8 Å². The summed E-state index contributed by atoms with van der Waals surface area (Å²) in [5, 5.41) is 4.33. The molecule has 0 heterocycles. The highest BCUT2D eigenvalue weighted by Gasteiger charge is 2.15. The van der Waals surface area contributed by atoms with Crippen LogP contribution in [0.1, 0.15) is 18.0 Å². The third-order valence-electron chi connectivity index (χ3n) is 3.35. The Kier molecular flexibility index (Phi) is 7.44. The summed E-state index contributed by atoms with van der Waals surface area (Å²) in [6.45, 7) is 1.29. The van der Waals surface area contributed by atoms with Crippen molar-refractivity contribution < 1.29 is 8.42 Å². The average molecular weight is 353 g/mol. The van der Waals surface area contributed by atoms with Crippen LogP contribution in [0.3, 0.4) is 0 Å². The van der Waals surface area contributed by atoms with E-state index in [1.165, 1.54) is 6.26 Å². The van der Waals surface area contributed by atoms with Gasteiger partial charge >= 0.3 is 0 Å². The molecule has 0 bridgehead atoms. The van der Waals surface area contributed by atoms with E-state index in [4.69, 9.17) is 23.2 Å². The summed E-state index contributed by atoms with van der Waals surface area (Å²) in [5.41, 5.74) is 0.961. The van der Waals surface area contributed by atoms with Crippen molar-refractivity contribution in [2.24, 2.45) is 0 Å². The van der Waals surface area contributed by atoms with E-state index in [1.807, 2.05) is 31.1 Å². The molecule has 0 aliphatic heterocycles. The molecule has 7 heteroatoms. The normalized spacial score (nSPS) is 13.6. The van der Waals surface area contributed by atoms with Gasteiger partial charge in [0.2, 0.25) is 0 Å². The monoisotopic (exact) mass is 352 g/mol. The van der Waals surface area contributed by atoms with Crippen LogP contribution < -0.4 is 5.32 Å². The Morgan fingerprint density at radius 1 is 1.29 bits per heavy atom. The summed E-state index contributed by atoms with van der Waals surface area (Å²) in [7, 11) is 0.864. The van der Waals surface area contributed by atoms with Crippen molar-refractivity contribution in [3.8, 4) is 0 Å². The molecule has 0 aliphatic carbocycles. The number of benzene rings is 1. The van der Waals surface area contributed by atoms with Crippen LogP contribution in [-0.2, 0) is 9.84 Å². The topological polar surface area (TPSA) is 49.4 Å². The zero-order chi connectivity index (χ0) is 16.0. The van der Waals surface area contributed by atoms with E-state index < -0.39 is 9.84 Å². The van der Waals surface area contributed by atoms with E-state index in [-0.39, 0.29) is 11.8 Å². The van der Waals surface area contributed by atoms with E-state index in [1.54, 1.807) is 6.07 Å². The van der Waals surface area contributed by atoms with Gasteiger partial charge in [-0.1, -0.05) is 35.3 Å². The second kappa shape index (κ2) is 8.34. The number of hydrogen-bond donors (Lipinski definition) is 1. The molecular weight excluding hydrogens is 331 g/mol. The fraction of sp³-hybridized carbons (Fsp3) is 0.571. The first kappa shape index (κ1) is 18.7. The molecule has 21 heavy (non-hydrogen) atoms. The van der Waals surface area contributed by atoms with Crippen LogP contribution in [0.2, 0.25) is 10.0 Å². The van der Waals surface area contributed by atoms with Crippen LogP contribution >= 0.6 is 23.2 Å². The Bertz CT molecular complexity index is 564. The largest absolute Gasteiger partial charge is 0.313 e. The van der Waals surface area contributed by atoms with Gasteiger partial charge in [-0.15, -0.1) is 0 Å². The molecule has 1 atom stereocenters. The maximum atomic E-state index is 11.2. The number of sulfone groups is 1. The van der Waals surface area contributed by atoms with Crippen LogP contribution in [0, 0.1) is 0 Å². The average Bonchev–Trinajstić information content (AvgIpc) is 2.40. The minimum atomic E-state index is -2.92. The smallest absolute Gasteiger partial charge is 0.148 e. The first-order chi connectivity index (χ1) is 9.74. The van der Waals surface area contributed by atoms with Crippen LogP contribution in [-0.4, -0.2) is 52.5 Å². The maximum absolute atomic E-state index is 11.2. The number of halogens is 2. The maximum Gasteiger partial charge on any atom is 0.148 e. The highest BCUT2D eigenvalue weighted by molar-refractivity contribution is 7.90. The Labute approximate surface area is 137 Å². The van der Waals surface area contributed by atoms with Crippen LogP contribution in [0.5, 0.6) is 0 Å². The van der Waals surface area contributed by atoms with Crippen molar-refractivity contribution in [3.63, 3.8) is 0 Å². The summed E-state index contributed by atoms with van der Waals surface area (Å²) < 4.78 is 22.3. The molecule has 1 rings (SSSR count). The molecule has 0 radical (unpaired) electrons. The number of nitrogens with one attached hydrogen (secondary N) is 1. The van der Waals surface area contributed by atoms with Crippen LogP contribution in [0.15, 0.2) is 18.2 Å². The van der Waals surface area contributed by atoms with Gasteiger partial charge in [-0.05, 0) is 38.7 Å². The Balaban J connectivity index is 2.61. The molecular formula is C14H22Cl2N2O2S. The third-order valence-corrected chi connectivity index (χ3v) is 5.11. The minimum absolute atomic E-state index is 0.0804. The summed E-state index contributed by atoms with van der Waals surface area (Å²) >= 11 is 12.3. The Morgan fingerprint density at radius 2 is 1.95 bits per heavy atom. The molecule has 1 N–H and O–H groups in total. The van der Waals surface area contributed by atoms with E-state index >= 15 is 0 Å². The van der Waals surface area contributed by atoms with Crippen molar-refractivity contribution in [2.45, 2.75) is 12.5 Å². The van der Waals surface area contributed by atoms with Crippen molar-refractivity contribution in [1.82, 2.24) is 10.2 Å². The molecule has 0 spiro atoms. The van der Waals surface area contributed by atoms with Crippen molar-refractivity contribution in [3.05, 3.63) is 33.8 Å². The molecule has 0 amide bonds. The van der Waals surface area contributed by atoms with Gasteiger partial charge in [-0.3, -0.25) is 0 Å². The highest BCUT2D eigenvalue weighted by atomic mass is 35.5. The molecule has 120 valence electrons. The molecule has 0 fully saturated rings. The lowest BCUT2D eigenvalue weighted by atomic mass is 10.0. The molecule has 1 aromatic carbocycles. The van der Waals surface area contributed by atoms with E-state index in [9.17, 15) is 8.42 Å². The predicted octanol–water partition coefficient (Wildman–Crippen LogP) is 2.62. The van der Waals surface area contributed by atoms with E-state index in [2.05, 4.69) is 5.32 Å². The first-order valence-electron chi connectivity index (χ1n) is 6.72. The lowest BCUT2D eigenvalue weighted by molar-refractivity contribution is 0.326. The first-order valence-corrected chi connectivity index (χ1v) is 9.53. The summed E-state index contributed by atoms with van der Waals surface area (Å²) in [5.74, 6) is 0.172. The van der Waals surface area contributed by atoms with Crippen LogP contribution in [0.4, 0.5) is 0 Å². The second-order valence-corrected chi connectivity index (χ2v) is 8.25. The molecule has 0 aliphatic rings. The SMILES string of the molecule is CNC(CCN(C)CCS(C)(=O)=O)c1cccc(Cl)c1Cl. The van der Waals surface area contributed by atoms with Crippen molar-refractivity contribution in [1.29, 1.82) is 0 Å². The summed E-state index contributed by atoms with van der Waals surface area (Å²) in [6.07, 6.45) is 2.07. The van der Waals surface area contributed by atoms with Gasteiger partial charge in [0.1, 0.15) is 9.84 Å². The highest BCUT2D eigenvalue weighted by Crippen LogP contribution is 2.31. The van der Waals surface area contributed by atoms with Crippen molar-refractivity contribution >= 4 is 33.0 Å². The molecule has 0 saturated heterocycles. The summed E-state index contributed by atoms with van der Waals surface area (Å²) in [6, 6.07) is 5.67. The molecule has 1 unspecified atom stereocenters. The quantitative estimate of drug-likeness (QED) is 0.781. The van der Waals surface area contributed by atoms with Crippen LogP contribution in [0.25, 0.3) is 0 Å². The summed E-state index contributed by atoms with van der Waals surface area (Å²) in [4.78, 5) is 2.00. The number of hydrogen-bond acceptors (Lipinski definition) is 4.